The van der Waals surface area contributed by atoms with Gasteiger partial charge < -0.3 is 4.57 Å². The molecule has 0 aromatic carbocycles. The van der Waals surface area contributed by atoms with Gasteiger partial charge in [0.2, 0.25) is 0 Å². The first-order valence-corrected chi connectivity index (χ1v) is 7.26. The molecule has 3 unspecified atom stereocenters. The Balaban J connectivity index is 2.06. The van der Waals surface area contributed by atoms with Crippen LogP contribution in [0.2, 0.25) is 0 Å². The van der Waals surface area contributed by atoms with Gasteiger partial charge in [-0.1, -0.05) is 31.2 Å². The summed E-state index contributed by atoms with van der Waals surface area (Å²) >= 11 is 0. The van der Waals surface area contributed by atoms with Crippen molar-refractivity contribution in [1.82, 2.24) is 9.55 Å². The minimum Gasteiger partial charge on any atom is -0.337 e. The number of imidazole rings is 1. The molecule has 1 fully saturated rings. The molecule has 0 saturated heterocycles. The minimum atomic E-state index is 0.122. The second-order valence-electron chi connectivity index (χ2n) is 6.90. The molecule has 19 heavy (non-hydrogen) atoms. The number of allylic oxidation sites excluding steroid dienone is 3. The van der Waals surface area contributed by atoms with Crippen molar-refractivity contribution in [3.05, 3.63) is 42.5 Å². The van der Waals surface area contributed by atoms with Gasteiger partial charge in [-0.3, -0.25) is 0 Å². The Bertz CT molecular complexity index is 539. The molecule has 0 spiro atoms. The Morgan fingerprint density at radius 2 is 2.26 bits per heavy atom. The molecule has 3 rings (SSSR count). The summed E-state index contributed by atoms with van der Waals surface area (Å²) < 4.78 is 2.18. The van der Waals surface area contributed by atoms with Gasteiger partial charge in [-0.15, -0.1) is 0 Å². The van der Waals surface area contributed by atoms with Gasteiger partial charge in [0.15, 0.2) is 0 Å². The lowest BCUT2D eigenvalue weighted by Crippen LogP contribution is -2.28. The molecule has 0 amide bonds. The van der Waals surface area contributed by atoms with Crippen LogP contribution in [-0.2, 0) is 12.5 Å². The van der Waals surface area contributed by atoms with E-state index >= 15 is 0 Å². The van der Waals surface area contributed by atoms with Crippen LogP contribution >= 0.6 is 0 Å². The van der Waals surface area contributed by atoms with Gasteiger partial charge in [-0.2, -0.15) is 0 Å². The van der Waals surface area contributed by atoms with Crippen molar-refractivity contribution in [3.63, 3.8) is 0 Å². The molecule has 0 bridgehead atoms. The quantitative estimate of drug-likeness (QED) is 0.731. The van der Waals surface area contributed by atoms with E-state index in [2.05, 4.69) is 49.2 Å². The monoisotopic (exact) mass is 256 g/mol. The largest absolute Gasteiger partial charge is 0.337 e. The first-order chi connectivity index (χ1) is 8.98. The number of aryl methyl sites for hydroxylation is 1. The predicted octanol–water partition coefficient (Wildman–Crippen LogP) is 4.00. The molecule has 3 atom stereocenters. The topological polar surface area (TPSA) is 17.8 Å². The van der Waals surface area contributed by atoms with Crippen LogP contribution in [0.1, 0.15) is 45.2 Å². The molecule has 1 heterocycles. The van der Waals surface area contributed by atoms with E-state index in [1.165, 1.54) is 37.0 Å². The van der Waals surface area contributed by atoms with E-state index in [0.717, 1.165) is 5.92 Å². The minimum absolute atomic E-state index is 0.122. The standard InChI is InChI=1S/C17H24N2/c1-13(2)17(15-10-18-12-19(15)4)9-14-7-5-6-8-16(14,3)11-17/h5-6,10,12,14H,1,7-9,11H2,2-4H3. The lowest BCUT2D eigenvalue weighted by Gasteiger charge is -2.34. The van der Waals surface area contributed by atoms with Crippen LogP contribution in [0.3, 0.4) is 0 Å². The van der Waals surface area contributed by atoms with Gasteiger partial charge in [0.25, 0.3) is 0 Å². The number of fused-ring (bicyclic) bond motifs is 1. The first kappa shape index (κ1) is 12.7. The highest BCUT2D eigenvalue weighted by Gasteiger charge is 2.53. The highest BCUT2D eigenvalue weighted by molar-refractivity contribution is 5.34. The van der Waals surface area contributed by atoms with Crippen molar-refractivity contribution in [3.8, 4) is 0 Å². The number of nitrogens with zero attached hydrogens (tertiary/aromatic N) is 2. The molecular weight excluding hydrogens is 232 g/mol. The number of rotatable bonds is 2. The van der Waals surface area contributed by atoms with Crippen LogP contribution in [0.25, 0.3) is 0 Å². The van der Waals surface area contributed by atoms with Crippen molar-refractivity contribution >= 4 is 0 Å². The molecule has 1 aromatic rings. The lowest BCUT2D eigenvalue weighted by molar-refractivity contribution is 0.220. The number of hydrogen-bond acceptors (Lipinski definition) is 1. The van der Waals surface area contributed by atoms with Gasteiger partial charge in [0.1, 0.15) is 0 Å². The Morgan fingerprint density at radius 1 is 1.47 bits per heavy atom. The van der Waals surface area contributed by atoms with Crippen molar-refractivity contribution in [2.75, 3.05) is 0 Å². The zero-order valence-electron chi connectivity index (χ0n) is 12.3. The Hall–Kier alpha value is -1.31. The van der Waals surface area contributed by atoms with Crippen molar-refractivity contribution < 1.29 is 0 Å². The molecule has 2 nitrogen and oxygen atoms in total. The van der Waals surface area contributed by atoms with E-state index in [1.54, 1.807) is 0 Å². The zero-order chi connectivity index (χ0) is 13.7. The summed E-state index contributed by atoms with van der Waals surface area (Å²) in [4.78, 5) is 4.34. The van der Waals surface area contributed by atoms with E-state index in [0.29, 0.717) is 5.41 Å². The van der Waals surface area contributed by atoms with E-state index in [-0.39, 0.29) is 5.41 Å². The van der Waals surface area contributed by atoms with Gasteiger partial charge in [-0.05, 0) is 43.9 Å². The van der Waals surface area contributed by atoms with Crippen LogP contribution in [0, 0.1) is 11.3 Å². The summed E-state index contributed by atoms with van der Waals surface area (Å²) in [6.07, 6.45) is 13.6. The van der Waals surface area contributed by atoms with Crippen molar-refractivity contribution in [1.29, 1.82) is 0 Å². The van der Waals surface area contributed by atoms with Gasteiger partial charge in [0.05, 0.1) is 6.33 Å². The molecule has 1 aromatic heterocycles. The normalized spacial score (nSPS) is 37.3. The summed E-state index contributed by atoms with van der Waals surface area (Å²) in [6.45, 7) is 8.99. The first-order valence-electron chi connectivity index (χ1n) is 7.26. The highest BCUT2D eigenvalue weighted by Crippen LogP contribution is 2.60. The summed E-state index contributed by atoms with van der Waals surface area (Å²) in [6, 6.07) is 0. The summed E-state index contributed by atoms with van der Waals surface area (Å²) in [5, 5.41) is 0. The fraction of sp³-hybridized carbons (Fsp3) is 0.588. The van der Waals surface area contributed by atoms with Crippen LogP contribution in [0.5, 0.6) is 0 Å². The summed E-state index contributed by atoms with van der Waals surface area (Å²) in [7, 11) is 2.11. The second-order valence-corrected chi connectivity index (χ2v) is 6.90. The van der Waals surface area contributed by atoms with Crippen LogP contribution < -0.4 is 0 Å². The highest BCUT2D eigenvalue weighted by atomic mass is 15.0. The van der Waals surface area contributed by atoms with E-state index in [4.69, 9.17) is 0 Å². The third-order valence-corrected chi connectivity index (χ3v) is 5.58. The molecule has 0 radical (unpaired) electrons. The smallest absolute Gasteiger partial charge is 0.0945 e. The van der Waals surface area contributed by atoms with Crippen LogP contribution in [0.15, 0.2) is 36.8 Å². The Morgan fingerprint density at radius 3 is 2.84 bits per heavy atom. The summed E-state index contributed by atoms with van der Waals surface area (Å²) in [5.41, 5.74) is 3.19. The molecule has 102 valence electrons. The lowest BCUT2D eigenvalue weighted by atomic mass is 9.71. The van der Waals surface area contributed by atoms with Gasteiger partial charge >= 0.3 is 0 Å². The fourth-order valence-electron chi connectivity index (χ4n) is 4.35. The zero-order valence-corrected chi connectivity index (χ0v) is 12.3. The molecule has 1 saturated carbocycles. The molecule has 0 N–H and O–H groups in total. The van der Waals surface area contributed by atoms with Crippen LogP contribution in [-0.4, -0.2) is 9.55 Å². The molecule has 2 aliphatic rings. The fourth-order valence-corrected chi connectivity index (χ4v) is 4.35. The third kappa shape index (κ3) is 1.73. The van der Waals surface area contributed by atoms with E-state index in [9.17, 15) is 0 Å². The average Bonchev–Trinajstić information content (AvgIpc) is 2.90. The maximum Gasteiger partial charge on any atom is 0.0945 e. The average molecular weight is 256 g/mol. The van der Waals surface area contributed by atoms with Crippen molar-refractivity contribution in [2.24, 2.45) is 18.4 Å². The van der Waals surface area contributed by atoms with Gasteiger partial charge in [-0.25, -0.2) is 4.98 Å². The number of aromatic nitrogens is 2. The summed E-state index contributed by atoms with van der Waals surface area (Å²) in [5.74, 6) is 0.782. The van der Waals surface area contributed by atoms with Crippen molar-refractivity contribution in [2.45, 2.75) is 44.9 Å². The third-order valence-electron chi connectivity index (χ3n) is 5.58. The number of hydrogen-bond donors (Lipinski definition) is 0. The second kappa shape index (κ2) is 4.09. The maximum atomic E-state index is 4.34. The van der Waals surface area contributed by atoms with E-state index < -0.39 is 0 Å². The predicted molar refractivity (Wildman–Crippen MR) is 78.9 cm³/mol. The molecule has 0 aliphatic heterocycles. The van der Waals surface area contributed by atoms with Crippen LogP contribution in [0.4, 0.5) is 0 Å². The van der Waals surface area contributed by atoms with Gasteiger partial charge in [0, 0.05) is 24.4 Å². The molecule has 2 heteroatoms. The molecule has 2 aliphatic carbocycles. The SMILES string of the molecule is C=C(C)C1(c2cncn2C)CC2CC=CCC2(C)C1. The van der Waals surface area contributed by atoms with E-state index in [1.807, 2.05) is 12.5 Å². The Kier molecular flexibility index (Phi) is 2.74. The maximum absolute atomic E-state index is 4.34. The Labute approximate surface area is 116 Å². The molecular formula is C17H24N2.